The van der Waals surface area contributed by atoms with E-state index in [-0.39, 0.29) is 17.7 Å². The highest BCUT2D eigenvalue weighted by atomic mass is 16.5. The van der Waals surface area contributed by atoms with Gasteiger partial charge in [-0.2, -0.15) is 5.10 Å². The lowest BCUT2D eigenvalue weighted by molar-refractivity contribution is -0.131. The number of rotatable bonds is 4. The molecule has 0 radical (unpaired) electrons. The minimum Gasteiger partial charge on any atom is -0.488 e. The van der Waals surface area contributed by atoms with Crippen molar-refractivity contribution in [2.45, 2.75) is 38.1 Å². The molecule has 22 heavy (non-hydrogen) atoms. The fraction of sp³-hybridized carbons (Fsp3) is 0.562. The number of nitrogens with zero attached hydrogens (tertiary/aromatic N) is 3. The molecular formula is C16H21N3O3. The summed E-state index contributed by atoms with van der Waals surface area (Å²) < 4.78 is 7.08. The monoisotopic (exact) mass is 303 g/mol. The molecule has 3 heterocycles. The van der Waals surface area contributed by atoms with E-state index in [1.54, 1.807) is 29.0 Å². The van der Waals surface area contributed by atoms with Crippen LogP contribution in [0.5, 0.6) is 0 Å². The van der Waals surface area contributed by atoms with Gasteiger partial charge in [-0.3, -0.25) is 14.3 Å². The number of likely N-dealkylation sites (tertiary alicyclic amines) is 1. The summed E-state index contributed by atoms with van der Waals surface area (Å²) in [5.74, 6) is 0.421. The summed E-state index contributed by atoms with van der Waals surface area (Å²) in [6.07, 6.45) is 9.16. The first-order valence-electron chi connectivity index (χ1n) is 7.81. The van der Waals surface area contributed by atoms with Crippen molar-refractivity contribution in [3.05, 3.63) is 29.8 Å². The Hall–Kier alpha value is -2.11. The zero-order valence-electron chi connectivity index (χ0n) is 12.8. The molecule has 1 saturated heterocycles. The fourth-order valence-electron chi connectivity index (χ4n) is 3.06. The second-order valence-electron chi connectivity index (χ2n) is 5.88. The predicted molar refractivity (Wildman–Crippen MR) is 80.2 cm³/mol. The minimum absolute atomic E-state index is 0.0355. The summed E-state index contributed by atoms with van der Waals surface area (Å²) in [7, 11) is 1.79. The van der Waals surface area contributed by atoms with Crippen molar-refractivity contribution in [2.24, 2.45) is 7.05 Å². The minimum atomic E-state index is -0.0683. The van der Waals surface area contributed by atoms with Crippen molar-refractivity contribution in [1.29, 1.82) is 0 Å². The molecule has 6 nitrogen and oxygen atoms in total. The summed E-state index contributed by atoms with van der Waals surface area (Å²) >= 11 is 0. The number of hydrogen-bond acceptors (Lipinski definition) is 4. The maximum absolute atomic E-state index is 12.5. The zero-order valence-corrected chi connectivity index (χ0v) is 12.8. The van der Waals surface area contributed by atoms with Crippen LogP contribution in [-0.4, -0.2) is 45.6 Å². The van der Waals surface area contributed by atoms with E-state index < -0.39 is 0 Å². The molecule has 0 aliphatic carbocycles. The summed E-state index contributed by atoms with van der Waals surface area (Å²) in [5.41, 5.74) is 0.606. The molecule has 6 heteroatoms. The zero-order chi connectivity index (χ0) is 15.5. The van der Waals surface area contributed by atoms with Gasteiger partial charge in [-0.25, -0.2) is 0 Å². The van der Waals surface area contributed by atoms with Crippen LogP contribution < -0.4 is 0 Å². The van der Waals surface area contributed by atoms with Gasteiger partial charge in [0, 0.05) is 32.3 Å². The molecule has 0 saturated carbocycles. The first-order valence-corrected chi connectivity index (χ1v) is 7.81. The maximum Gasteiger partial charge on any atom is 0.288 e. The van der Waals surface area contributed by atoms with Gasteiger partial charge in [-0.05, 0) is 31.8 Å². The van der Waals surface area contributed by atoms with Crippen LogP contribution in [0.25, 0.3) is 0 Å². The largest absolute Gasteiger partial charge is 0.488 e. The van der Waals surface area contributed by atoms with Gasteiger partial charge in [-0.15, -0.1) is 0 Å². The Morgan fingerprint density at radius 2 is 2.27 bits per heavy atom. The number of aryl methyl sites for hydroxylation is 1. The average molecular weight is 303 g/mol. The van der Waals surface area contributed by atoms with Crippen LogP contribution in [0.2, 0.25) is 0 Å². The van der Waals surface area contributed by atoms with E-state index >= 15 is 0 Å². The molecule has 118 valence electrons. The van der Waals surface area contributed by atoms with Gasteiger partial charge in [0.1, 0.15) is 0 Å². The predicted octanol–water partition coefficient (Wildman–Crippen LogP) is 1.68. The standard InChI is InChI=1S/C16H21N3O3/c1-18-11-12(10-17-18)14(20)9-13-5-4-7-19(13)16(21)15-6-2-3-8-22-15/h6,10-11,13H,2-5,7-9H2,1H3. The molecule has 1 aromatic heterocycles. The average Bonchev–Trinajstić information content (AvgIpc) is 3.16. The van der Waals surface area contributed by atoms with Crippen LogP contribution in [0.4, 0.5) is 0 Å². The smallest absolute Gasteiger partial charge is 0.288 e. The Morgan fingerprint density at radius 1 is 1.41 bits per heavy atom. The number of ketones is 1. The highest BCUT2D eigenvalue weighted by molar-refractivity contribution is 5.97. The van der Waals surface area contributed by atoms with E-state index in [0.29, 0.717) is 30.9 Å². The molecule has 1 aromatic rings. The number of aromatic nitrogens is 2. The fourth-order valence-corrected chi connectivity index (χ4v) is 3.06. The van der Waals surface area contributed by atoms with Crippen LogP contribution in [0.1, 0.15) is 42.5 Å². The van der Waals surface area contributed by atoms with Crippen LogP contribution in [0.3, 0.4) is 0 Å². The van der Waals surface area contributed by atoms with Gasteiger partial charge < -0.3 is 9.64 Å². The van der Waals surface area contributed by atoms with Gasteiger partial charge in [0.05, 0.1) is 18.4 Å². The Bertz CT molecular complexity index is 606. The third kappa shape index (κ3) is 3.05. The molecule has 1 unspecified atom stereocenters. The Balaban J connectivity index is 1.66. The van der Waals surface area contributed by atoms with Crippen molar-refractivity contribution in [2.75, 3.05) is 13.2 Å². The first kappa shape index (κ1) is 14.8. The molecule has 2 aliphatic heterocycles. The molecule has 0 bridgehead atoms. The Kier molecular flexibility index (Phi) is 4.27. The Morgan fingerprint density at radius 3 is 2.95 bits per heavy atom. The Labute approximate surface area is 129 Å². The van der Waals surface area contributed by atoms with Crippen molar-refractivity contribution in [3.8, 4) is 0 Å². The third-order valence-electron chi connectivity index (χ3n) is 4.23. The number of hydrogen-bond donors (Lipinski definition) is 0. The SMILES string of the molecule is Cn1cc(C(=O)CC2CCCN2C(=O)C2=CCCCO2)cn1. The number of ether oxygens (including phenoxy) is 1. The molecule has 0 N–H and O–H groups in total. The summed E-state index contributed by atoms with van der Waals surface area (Å²) in [6, 6.07) is -0.0355. The van der Waals surface area contributed by atoms with Gasteiger partial charge in [0.25, 0.3) is 5.91 Å². The first-order chi connectivity index (χ1) is 10.6. The van der Waals surface area contributed by atoms with Crippen LogP contribution in [0, 0.1) is 0 Å². The lowest BCUT2D eigenvalue weighted by Crippen LogP contribution is -2.38. The summed E-state index contributed by atoms with van der Waals surface area (Å²) in [6.45, 7) is 1.30. The van der Waals surface area contributed by atoms with Crippen LogP contribution >= 0.6 is 0 Å². The highest BCUT2D eigenvalue weighted by Gasteiger charge is 2.33. The van der Waals surface area contributed by atoms with E-state index in [0.717, 1.165) is 25.7 Å². The van der Waals surface area contributed by atoms with E-state index in [1.165, 1.54) is 0 Å². The van der Waals surface area contributed by atoms with E-state index in [4.69, 9.17) is 4.74 Å². The number of carbonyl (C=O) groups is 2. The molecular weight excluding hydrogens is 282 g/mol. The van der Waals surface area contributed by atoms with E-state index in [9.17, 15) is 9.59 Å². The van der Waals surface area contributed by atoms with E-state index in [2.05, 4.69) is 5.10 Å². The van der Waals surface area contributed by atoms with Gasteiger partial charge >= 0.3 is 0 Å². The lowest BCUT2D eigenvalue weighted by atomic mass is 10.0. The highest BCUT2D eigenvalue weighted by Crippen LogP contribution is 2.25. The summed E-state index contributed by atoms with van der Waals surface area (Å²) in [4.78, 5) is 26.7. The van der Waals surface area contributed by atoms with Crippen molar-refractivity contribution in [3.63, 3.8) is 0 Å². The lowest BCUT2D eigenvalue weighted by Gasteiger charge is -2.26. The van der Waals surface area contributed by atoms with Gasteiger partial charge in [0.2, 0.25) is 0 Å². The van der Waals surface area contributed by atoms with Crippen LogP contribution in [-0.2, 0) is 16.6 Å². The normalized spacial score (nSPS) is 21.4. The molecule has 0 spiro atoms. The summed E-state index contributed by atoms with van der Waals surface area (Å²) in [5, 5.41) is 4.03. The number of carbonyl (C=O) groups excluding carboxylic acids is 2. The second-order valence-corrected chi connectivity index (χ2v) is 5.88. The second kappa shape index (κ2) is 6.34. The van der Waals surface area contributed by atoms with Gasteiger partial charge in [-0.1, -0.05) is 0 Å². The van der Waals surface area contributed by atoms with Crippen molar-refractivity contribution >= 4 is 11.7 Å². The number of amides is 1. The quantitative estimate of drug-likeness (QED) is 0.794. The van der Waals surface area contributed by atoms with Crippen molar-refractivity contribution in [1.82, 2.24) is 14.7 Å². The van der Waals surface area contributed by atoms with Crippen LogP contribution in [0.15, 0.2) is 24.2 Å². The topological polar surface area (TPSA) is 64.4 Å². The van der Waals surface area contributed by atoms with Gasteiger partial charge in [0.15, 0.2) is 11.5 Å². The third-order valence-corrected chi connectivity index (χ3v) is 4.23. The maximum atomic E-state index is 12.5. The number of Topliss-reactive ketones (excluding diaryl/α,β-unsaturated/α-hetero) is 1. The molecule has 2 aliphatic rings. The molecule has 1 atom stereocenters. The van der Waals surface area contributed by atoms with E-state index in [1.807, 2.05) is 6.08 Å². The molecule has 3 rings (SSSR count). The molecule has 1 fully saturated rings. The van der Waals surface area contributed by atoms with Crippen molar-refractivity contribution < 1.29 is 14.3 Å². The number of allylic oxidation sites excluding steroid dienone is 1. The molecule has 1 amide bonds. The molecule has 0 aromatic carbocycles.